The smallest absolute Gasteiger partial charge is 0.152 e. The van der Waals surface area contributed by atoms with Crippen LogP contribution in [0, 0.1) is 19.7 Å². The zero-order chi connectivity index (χ0) is 11.7. The minimum Gasteiger partial charge on any atom is -0.298 e. The van der Waals surface area contributed by atoms with E-state index in [1.54, 1.807) is 6.07 Å². The zero-order valence-electron chi connectivity index (χ0n) is 9.07. The summed E-state index contributed by atoms with van der Waals surface area (Å²) in [6, 6.07) is 6.23. The van der Waals surface area contributed by atoms with Crippen molar-refractivity contribution in [3.8, 4) is 5.69 Å². The summed E-state index contributed by atoms with van der Waals surface area (Å²) < 4.78 is 15.1. The Bertz CT molecular complexity index is 546. The number of carbonyl (C=O) groups excluding carboxylic acids is 1. The molecule has 0 aliphatic heterocycles. The molecule has 1 aromatic carbocycles. The molecule has 3 nitrogen and oxygen atoms in total. The quantitative estimate of drug-likeness (QED) is 0.725. The van der Waals surface area contributed by atoms with E-state index in [0.29, 0.717) is 11.8 Å². The molecule has 0 N–H and O–H groups in total. The van der Waals surface area contributed by atoms with E-state index in [2.05, 4.69) is 5.10 Å². The van der Waals surface area contributed by atoms with Crippen molar-refractivity contribution in [3.63, 3.8) is 0 Å². The molecule has 0 aliphatic carbocycles. The van der Waals surface area contributed by atoms with Gasteiger partial charge in [-0.1, -0.05) is 6.07 Å². The van der Waals surface area contributed by atoms with Gasteiger partial charge in [-0.25, -0.2) is 9.07 Å². The molecular weight excluding hydrogens is 207 g/mol. The summed E-state index contributed by atoms with van der Waals surface area (Å²) in [7, 11) is 0. The lowest BCUT2D eigenvalue weighted by Gasteiger charge is -2.08. The maximum Gasteiger partial charge on any atom is 0.152 e. The number of halogens is 1. The van der Waals surface area contributed by atoms with E-state index in [4.69, 9.17) is 0 Å². The Labute approximate surface area is 92.5 Å². The van der Waals surface area contributed by atoms with Gasteiger partial charge in [0.1, 0.15) is 11.5 Å². The van der Waals surface area contributed by atoms with Gasteiger partial charge in [0.15, 0.2) is 6.29 Å². The predicted molar refractivity (Wildman–Crippen MR) is 58.4 cm³/mol. The Morgan fingerprint density at radius 2 is 2.12 bits per heavy atom. The molecule has 2 rings (SSSR count). The maximum atomic E-state index is 13.7. The molecule has 0 atom stereocenters. The normalized spacial score (nSPS) is 10.4. The maximum absolute atomic E-state index is 13.7. The van der Waals surface area contributed by atoms with Gasteiger partial charge in [0.25, 0.3) is 0 Å². The molecule has 0 spiro atoms. The fourth-order valence-electron chi connectivity index (χ4n) is 1.71. The number of hydrogen-bond acceptors (Lipinski definition) is 2. The van der Waals surface area contributed by atoms with Crippen LogP contribution in [0.4, 0.5) is 4.39 Å². The van der Waals surface area contributed by atoms with Crippen LogP contribution in [0.5, 0.6) is 0 Å². The van der Waals surface area contributed by atoms with Gasteiger partial charge < -0.3 is 0 Å². The number of para-hydroxylation sites is 1. The molecule has 1 heterocycles. The summed E-state index contributed by atoms with van der Waals surface area (Å²) in [4.78, 5) is 10.9. The number of aromatic nitrogens is 2. The van der Waals surface area contributed by atoms with Crippen LogP contribution in [0.3, 0.4) is 0 Å². The molecule has 16 heavy (non-hydrogen) atoms. The number of benzene rings is 1. The van der Waals surface area contributed by atoms with Crippen molar-refractivity contribution in [1.82, 2.24) is 9.78 Å². The highest BCUT2D eigenvalue weighted by Gasteiger charge is 2.13. The third kappa shape index (κ3) is 1.62. The lowest BCUT2D eigenvalue weighted by molar-refractivity contribution is 0.112. The number of aryl methyl sites for hydroxylation is 2. The highest BCUT2D eigenvalue weighted by Crippen LogP contribution is 2.19. The number of carbonyl (C=O) groups is 1. The van der Waals surface area contributed by atoms with Crippen molar-refractivity contribution in [3.05, 3.63) is 47.0 Å². The Kier molecular flexibility index (Phi) is 2.56. The van der Waals surface area contributed by atoms with Gasteiger partial charge in [0.05, 0.1) is 5.69 Å². The third-order valence-corrected chi connectivity index (χ3v) is 2.37. The van der Waals surface area contributed by atoms with E-state index < -0.39 is 5.82 Å². The molecular formula is C12H11FN2O. The number of rotatable bonds is 2. The van der Waals surface area contributed by atoms with E-state index in [-0.39, 0.29) is 5.69 Å². The molecule has 0 saturated heterocycles. The first-order chi connectivity index (χ1) is 7.63. The average molecular weight is 218 g/mol. The average Bonchev–Trinajstić information content (AvgIpc) is 2.57. The van der Waals surface area contributed by atoms with Crippen molar-refractivity contribution in [2.75, 3.05) is 0 Å². The molecule has 0 unspecified atom stereocenters. The minimum atomic E-state index is -0.448. The molecule has 0 fully saturated rings. The van der Waals surface area contributed by atoms with Crippen LogP contribution in [-0.2, 0) is 0 Å². The van der Waals surface area contributed by atoms with Gasteiger partial charge in [-0.2, -0.15) is 5.10 Å². The molecule has 82 valence electrons. The van der Waals surface area contributed by atoms with E-state index in [1.165, 1.54) is 16.8 Å². The summed E-state index contributed by atoms with van der Waals surface area (Å²) in [6.07, 6.45) is 0.634. The van der Waals surface area contributed by atoms with Crippen molar-refractivity contribution in [2.24, 2.45) is 0 Å². The van der Waals surface area contributed by atoms with Crippen molar-refractivity contribution in [1.29, 1.82) is 0 Å². The highest BCUT2D eigenvalue weighted by atomic mass is 19.1. The number of nitrogens with zero attached hydrogens (tertiary/aromatic N) is 2. The van der Waals surface area contributed by atoms with Crippen molar-refractivity contribution >= 4 is 6.29 Å². The largest absolute Gasteiger partial charge is 0.298 e. The molecule has 0 amide bonds. The van der Waals surface area contributed by atoms with Crippen LogP contribution in [0.2, 0.25) is 0 Å². The Morgan fingerprint density at radius 3 is 2.69 bits per heavy atom. The van der Waals surface area contributed by atoms with Crippen LogP contribution < -0.4 is 0 Å². The first-order valence-corrected chi connectivity index (χ1v) is 4.91. The minimum absolute atomic E-state index is 0.211. The van der Waals surface area contributed by atoms with Gasteiger partial charge in [0, 0.05) is 11.3 Å². The van der Waals surface area contributed by atoms with Gasteiger partial charge in [-0.3, -0.25) is 4.79 Å². The molecule has 0 saturated carbocycles. The molecule has 4 heteroatoms. The number of hydrogen-bond donors (Lipinski definition) is 0. The zero-order valence-corrected chi connectivity index (χ0v) is 9.07. The second kappa shape index (κ2) is 3.89. The first-order valence-electron chi connectivity index (χ1n) is 4.91. The van der Waals surface area contributed by atoms with Crippen LogP contribution in [0.1, 0.15) is 21.7 Å². The lowest BCUT2D eigenvalue weighted by atomic mass is 10.2. The van der Waals surface area contributed by atoms with Crippen LogP contribution in [-0.4, -0.2) is 16.1 Å². The van der Waals surface area contributed by atoms with E-state index in [0.717, 1.165) is 11.4 Å². The molecule has 2 aromatic rings. The van der Waals surface area contributed by atoms with E-state index in [9.17, 15) is 9.18 Å². The van der Waals surface area contributed by atoms with Crippen LogP contribution >= 0.6 is 0 Å². The Morgan fingerprint density at radius 1 is 1.38 bits per heavy atom. The molecule has 0 radical (unpaired) electrons. The second-order valence-electron chi connectivity index (χ2n) is 3.63. The molecule has 1 aromatic heterocycles. The Balaban J connectivity index is 2.72. The van der Waals surface area contributed by atoms with E-state index in [1.807, 2.05) is 19.9 Å². The highest BCUT2D eigenvalue weighted by molar-refractivity contribution is 5.81. The monoisotopic (exact) mass is 218 g/mol. The summed E-state index contributed by atoms with van der Waals surface area (Å²) in [5, 5.41) is 4.17. The first kappa shape index (κ1) is 10.5. The standard InChI is InChI=1S/C12H11FN2O/c1-8-6-9(2)15(14-8)12-10(7-16)4-3-5-11(12)13/h3-7H,1-2H3. The predicted octanol–water partition coefficient (Wildman–Crippen LogP) is 2.44. The van der Waals surface area contributed by atoms with Crippen molar-refractivity contribution < 1.29 is 9.18 Å². The van der Waals surface area contributed by atoms with Gasteiger partial charge in [-0.05, 0) is 32.0 Å². The Hall–Kier alpha value is -1.97. The van der Waals surface area contributed by atoms with Gasteiger partial charge in [-0.15, -0.1) is 0 Å². The molecule has 0 bridgehead atoms. The van der Waals surface area contributed by atoms with Crippen LogP contribution in [0.25, 0.3) is 5.69 Å². The SMILES string of the molecule is Cc1cc(C)n(-c2c(F)cccc2C=O)n1. The number of aldehydes is 1. The fourth-order valence-corrected chi connectivity index (χ4v) is 1.71. The van der Waals surface area contributed by atoms with E-state index >= 15 is 0 Å². The van der Waals surface area contributed by atoms with Gasteiger partial charge in [0.2, 0.25) is 0 Å². The summed E-state index contributed by atoms with van der Waals surface area (Å²) in [6.45, 7) is 3.64. The lowest BCUT2D eigenvalue weighted by Crippen LogP contribution is -2.05. The topological polar surface area (TPSA) is 34.9 Å². The summed E-state index contributed by atoms with van der Waals surface area (Å²) in [5.74, 6) is -0.448. The third-order valence-electron chi connectivity index (χ3n) is 2.37. The molecule has 0 aliphatic rings. The fraction of sp³-hybridized carbons (Fsp3) is 0.167. The van der Waals surface area contributed by atoms with Crippen LogP contribution in [0.15, 0.2) is 24.3 Å². The van der Waals surface area contributed by atoms with Crippen molar-refractivity contribution in [2.45, 2.75) is 13.8 Å². The summed E-state index contributed by atoms with van der Waals surface area (Å²) >= 11 is 0. The summed E-state index contributed by atoms with van der Waals surface area (Å²) in [5.41, 5.74) is 2.10. The van der Waals surface area contributed by atoms with Gasteiger partial charge >= 0.3 is 0 Å². The second-order valence-corrected chi connectivity index (χ2v) is 3.63.